The first kappa shape index (κ1) is 16.2. The standard InChI is InChI=1S/C11H21N3O4/c1-4-5-14(7-9(15)12-3)11(18)13-6-8(2)10(16)17/h8H,4-7H2,1-3H3,(H,12,15)(H,13,18)(H,16,17). The van der Waals surface area contributed by atoms with Crippen LogP contribution in [0.15, 0.2) is 0 Å². The fourth-order valence-electron chi connectivity index (χ4n) is 1.21. The second-order valence-electron chi connectivity index (χ2n) is 4.02. The zero-order valence-electron chi connectivity index (χ0n) is 11.0. The van der Waals surface area contributed by atoms with E-state index in [2.05, 4.69) is 10.6 Å². The molecule has 0 heterocycles. The van der Waals surface area contributed by atoms with Crippen LogP contribution < -0.4 is 10.6 Å². The summed E-state index contributed by atoms with van der Waals surface area (Å²) in [6.45, 7) is 3.86. The van der Waals surface area contributed by atoms with Crippen molar-refractivity contribution in [1.29, 1.82) is 0 Å². The Kier molecular flexibility index (Phi) is 7.50. The maximum atomic E-state index is 11.8. The fourth-order valence-corrected chi connectivity index (χ4v) is 1.21. The number of nitrogens with one attached hydrogen (secondary N) is 2. The van der Waals surface area contributed by atoms with Crippen LogP contribution in [-0.4, -0.2) is 54.6 Å². The molecule has 0 saturated heterocycles. The molecule has 0 fully saturated rings. The zero-order chi connectivity index (χ0) is 14.1. The number of carboxylic acids is 1. The number of hydrogen-bond acceptors (Lipinski definition) is 3. The van der Waals surface area contributed by atoms with Crippen molar-refractivity contribution < 1.29 is 19.5 Å². The molecule has 0 aliphatic rings. The van der Waals surface area contributed by atoms with Gasteiger partial charge in [0.05, 0.1) is 5.92 Å². The summed E-state index contributed by atoms with van der Waals surface area (Å²) in [5, 5.41) is 13.6. The molecule has 18 heavy (non-hydrogen) atoms. The molecule has 104 valence electrons. The predicted octanol–water partition coefficient (Wildman–Crippen LogP) is -0.125. The molecule has 1 unspecified atom stereocenters. The van der Waals surface area contributed by atoms with Gasteiger partial charge in [-0.2, -0.15) is 0 Å². The van der Waals surface area contributed by atoms with Crippen molar-refractivity contribution in [3.05, 3.63) is 0 Å². The van der Waals surface area contributed by atoms with Gasteiger partial charge in [0.2, 0.25) is 5.91 Å². The molecule has 0 aromatic rings. The second kappa shape index (κ2) is 8.32. The van der Waals surface area contributed by atoms with Crippen LogP contribution >= 0.6 is 0 Å². The third-order valence-electron chi connectivity index (χ3n) is 2.38. The van der Waals surface area contributed by atoms with Crippen molar-refractivity contribution in [2.24, 2.45) is 5.92 Å². The monoisotopic (exact) mass is 259 g/mol. The highest BCUT2D eigenvalue weighted by molar-refractivity contribution is 5.84. The molecule has 7 nitrogen and oxygen atoms in total. The third-order valence-corrected chi connectivity index (χ3v) is 2.38. The van der Waals surface area contributed by atoms with Gasteiger partial charge in [-0.3, -0.25) is 9.59 Å². The van der Waals surface area contributed by atoms with E-state index in [4.69, 9.17) is 5.11 Å². The molecule has 0 rings (SSSR count). The van der Waals surface area contributed by atoms with Crippen LogP contribution in [0.1, 0.15) is 20.3 Å². The van der Waals surface area contributed by atoms with Crippen LogP contribution in [0.5, 0.6) is 0 Å². The first-order valence-electron chi connectivity index (χ1n) is 5.88. The van der Waals surface area contributed by atoms with Gasteiger partial charge in [0, 0.05) is 20.1 Å². The van der Waals surface area contributed by atoms with Gasteiger partial charge in [-0.25, -0.2) is 4.79 Å². The molecule has 3 amide bonds. The molecule has 7 heteroatoms. The van der Waals surface area contributed by atoms with E-state index >= 15 is 0 Å². The fraction of sp³-hybridized carbons (Fsp3) is 0.727. The number of likely N-dealkylation sites (N-methyl/N-ethyl adjacent to an activating group) is 1. The number of carbonyl (C=O) groups is 3. The van der Waals surface area contributed by atoms with Gasteiger partial charge < -0.3 is 20.6 Å². The Morgan fingerprint density at radius 2 is 1.94 bits per heavy atom. The van der Waals surface area contributed by atoms with Gasteiger partial charge in [-0.1, -0.05) is 13.8 Å². The van der Waals surface area contributed by atoms with Crippen LogP contribution in [0.3, 0.4) is 0 Å². The molecule has 0 aliphatic carbocycles. The third kappa shape index (κ3) is 6.07. The van der Waals surface area contributed by atoms with Crippen LogP contribution in [0.4, 0.5) is 4.79 Å². The van der Waals surface area contributed by atoms with Gasteiger partial charge in [0.1, 0.15) is 6.54 Å². The number of carbonyl (C=O) groups excluding carboxylic acids is 2. The number of aliphatic carboxylic acids is 1. The minimum absolute atomic E-state index is 0.0301. The molecule has 1 atom stereocenters. The van der Waals surface area contributed by atoms with E-state index in [1.807, 2.05) is 6.92 Å². The lowest BCUT2D eigenvalue weighted by Gasteiger charge is -2.22. The largest absolute Gasteiger partial charge is 0.481 e. The van der Waals surface area contributed by atoms with E-state index in [1.165, 1.54) is 18.9 Å². The molecule has 3 N–H and O–H groups in total. The Morgan fingerprint density at radius 1 is 1.33 bits per heavy atom. The number of urea groups is 1. The van der Waals surface area contributed by atoms with E-state index in [-0.39, 0.29) is 19.0 Å². The summed E-state index contributed by atoms with van der Waals surface area (Å²) in [5.41, 5.74) is 0. The molecule has 0 saturated carbocycles. The molecule has 0 bridgehead atoms. The van der Waals surface area contributed by atoms with Crippen LogP contribution in [0, 0.1) is 5.92 Å². The summed E-state index contributed by atoms with van der Waals surface area (Å²) in [4.78, 5) is 34.9. The average molecular weight is 259 g/mol. The molecule has 0 aromatic heterocycles. The summed E-state index contributed by atoms with van der Waals surface area (Å²) in [7, 11) is 1.50. The molecule has 0 spiro atoms. The Labute approximate surface area is 107 Å². The van der Waals surface area contributed by atoms with Crippen molar-refractivity contribution in [1.82, 2.24) is 15.5 Å². The Balaban J connectivity index is 4.29. The Bertz CT molecular complexity index is 307. The van der Waals surface area contributed by atoms with E-state index in [0.29, 0.717) is 6.54 Å². The highest BCUT2D eigenvalue weighted by Gasteiger charge is 2.18. The van der Waals surface area contributed by atoms with Gasteiger partial charge >= 0.3 is 12.0 Å². The summed E-state index contributed by atoms with van der Waals surface area (Å²) in [5.74, 6) is -1.88. The number of rotatable bonds is 7. The number of carboxylic acid groups (broad SMARTS) is 1. The lowest BCUT2D eigenvalue weighted by atomic mass is 10.2. The first-order chi connectivity index (χ1) is 8.42. The highest BCUT2D eigenvalue weighted by atomic mass is 16.4. The first-order valence-corrected chi connectivity index (χ1v) is 5.88. The topological polar surface area (TPSA) is 98.7 Å². The second-order valence-corrected chi connectivity index (χ2v) is 4.02. The minimum Gasteiger partial charge on any atom is -0.481 e. The van der Waals surface area contributed by atoms with Gasteiger partial charge in [0.25, 0.3) is 0 Å². The molecular weight excluding hydrogens is 238 g/mol. The van der Waals surface area contributed by atoms with E-state index < -0.39 is 17.9 Å². The van der Waals surface area contributed by atoms with E-state index in [0.717, 1.165) is 6.42 Å². The van der Waals surface area contributed by atoms with Crippen molar-refractivity contribution in [2.45, 2.75) is 20.3 Å². The van der Waals surface area contributed by atoms with Crippen molar-refractivity contribution in [3.8, 4) is 0 Å². The summed E-state index contributed by atoms with van der Waals surface area (Å²) >= 11 is 0. The zero-order valence-corrected chi connectivity index (χ0v) is 11.0. The van der Waals surface area contributed by atoms with Crippen LogP contribution in [0.25, 0.3) is 0 Å². The number of amides is 3. The van der Waals surface area contributed by atoms with Crippen molar-refractivity contribution in [3.63, 3.8) is 0 Å². The van der Waals surface area contributed by atoms with E-state index in [9.17, 15) is 14.4 Å². The predicted molar refractivity (Wildman–Crippen MR) is 66.1 cm³/mol. The maximum absolute atomic E-state index is 11.8. The highest BCUT2D eigenvalue weighted by Crippen LogP contribution is 1.96. The van der Waals surface area contributed by atoms with Gasteiger partial charge in [-0.15, -0.1) is 0 Å². The molecule has 0 aliphatic heterocycles. The molecular formula is C11H21N3O4. The smallest absolute Gasteiger partial charge is 0.317 e. The van der Waals surface area contributed by atoms with Gasteiger partial charge in [-0.05, 0) is 6.42 Å². The van der Waals surface area contributed by atoms with Crippen molar-refractivity contribution in [2.75, 3.05) is 26.7 Å². The van der Waals surface area contributed by atoms with Crippen molar-refractivity contribution >= 4 is 17.9 Å². The maximum Gasteiger partial charge on any atom is 0.317 e. The SMILES string of the molecule is CCCN(CC(=O)NC)C(=O)NCC(C)C(=O)O. The normalized spacial score (nSPS) is 11.5. The summed E-state index contributed by atoms with van der Waals surface area (Å²) in [6.07, 6.45) is 0.721. The minimum atomic E-state index is -0.969. The summed E-state index contributed by atoms with van der Waals surface area (Å²) < 4.78 is 0. The quantitative estimate of drug-likeness (QED) is 0.593. The van der Waals surface area contributed by atoms with Gasteiger partial charge in [0.15, 0.2) is 0 Å². The summed E-state index contributed by atoms with van der Waals surface area (Å²) in [6, 6.07) is -0.423. The van der Waals surface area contributed by atoms with Crippen LogP contribution in [0.2, 0.25) is 0 Å². The lowest BCUT2D eigenvalue weighted by Crippen LogP contribution is -2.46. The van der Waals surface area contributed by atoms with E-state index in [1.54, 1.807) is 0 Å². The molecule has 0 radical (unpaired) electrons. The lowest BCUT2D eigenvalue weighted by molar-refractivity contribution is -0.140. The average Bonchev–Trinajstić information content (AvgIpc) is 2.34. The Morgan fingerprint density at radius 3 is 2.39 bits per heavy atom. The Hall–Kier alpha value is -1.79. The number of nitrogens with zero attached hydrogens (tertiary/aromatic N) is 1. The molecule has 0 aromatic carbocycles. The van der Waals surface area contributed by atoms with Crippen LogP contribution in [-0.2, 0) is 9.59 Å². The number of hydrogen-bond donors (Lipinski definition) is 3.